The first kappa shape index (κ1) is 15.6. The van der Waals surface area contributed by atoms with Gasteiger partial charge in [-0.15, -0.1) is 22.7 Å². The molecule has 0 radical (unpaired) electrons. The fourth-order valence-corrected chi connectivity index (χ4v) is 3.54. The van der Waals surface area contributed by atoms with Crippen LogP contribution in [0.5, 0.6) is 0 Å². The summed E-state index contributed by atoms with van der Waals surface area (Å²) in [5, 5.41) is 9.90. The van der Waals surface area contributed by atoms with Crippen LogP contribution in [0.2, 0.25) is 0 Å². The number of aryl methyl sites for hydroxylation is 1. The monoisotopic (exact) mass is 311 g/mol. The predicted octanol–water partition coefficient (Wildman–Crippen LogP) is 3.36. The average Bonchev–Trinajstić information content (AvgIpc) is 3.04. The SMILES string of the molecule is COCCNC(c1csc(C)n1)c1nc(C(C)C)cs1. The largest absolute Gasteiger partial charge is 0.383 e. The Bertz CT molecular complexity index is 536. The summed E-state index contributed by atoms with van der Waals surface area (Å²) in [5.74, 6) is 0.455. The van der Waals surface area contributed by atoms with Crippen LogP contribution in [0.25, 0.3) is 0 Å². The normalized spacial score (nSPS) is 13.1. The van der Waals surface area contributed by atoms with E-state index in [1.807, 2.05) is 6.92 Å². The first-order valence-corrected chi connectivity index (χ1v) is 8.47. The number of nitrogens with one attached hydrogen (secondary N) is 1. The van der Waals surface area contributed by atoms with E-state index in [1.54, 1.807) is 29.8 Å². The van der Waals surface area contributed by atoms with E-state index < -0.39 is 0 Å². The minimum Gasteiger partial charge on any atom is -0.383 e. The molecule has 2 rings (SSSR count). The van der Waals surface area contributed by atoms with Gasteiger partial charge in [-0.05, 0) is 12.8 Å². The third kappa shape index (κ3) is 3.85. The highest BCUT2D eigenvalue weighted by molar-refractivity contribution is 7.10. The molecule has 1 unspecified atom stereocenters. The summed E-state index contributed by atoms with van der Waals surface area (Å²) in [7, 11) is 1.71. The van der Waals surface area contributed by atoms with Gasteiger partial charge in [0, 0.05) is 24.4 Å². The molecule has 0 aliphatic carbocycles. The van der Waals surface area contributed by atoms with Gasteiger partial charge in [0.05, 0.1) is 23.0 Å². The van der Waals surface area contributed by atoms with E-state index in [2.05, 4.69) is 34.9 Å². The molecule has 0 saturated carbocycles. The van der Waals surface area contributed by atoms with Gasteiger partial charge in [0.25, 0.3) is 0 Å². The van der Waals surface area contributed by atoms with Crippen LogP contribution in [-0.2, 0) is 4.74 Å². The van der Waals surface area contributed by atoms with Crippen LogP contribution >= 0.6 is 22.7 Å². The molecule has 20 heavy (non-hydrogen) atoms. The van der Waals surface area contributed by atoms with Crippen LogP contribution in [0.15, 0.2) is 10.8 Å². The van der Waals surface area contributed by atoms with Crippen LogP contribution in [0.1, 0.15) is 47.2 Å². The van der Waals surface area contributed by atoms with E-state index >= 15 is 0 Å². The second-order valence-electron chi connectivity index (χ2n) is 4.94. The Morgan fingerprint density at radius 1 is 1.20 bits per heavy atom. The van der Waals surface area contributed by atoms with Crippen molar-refractivity contribution in [2.75, 3.05) is 20.3 Å². The maximum atomic E-state index is 5.12. The number of thiazole rings is 2. The highest BCUT2D eigenvalue weighted by Crippen LogP contribution is 2.28. The zero-order chi connectivity index (χ0) is 14.5. The number of nitrogens with zero attached hydrogens (tertiary/aromatic N) is 2. The molecular formula is C14H21N3OS2. The van der Waals surface area contributed by atoms with Gasteiger partial charge in [-0.3, -0.25) is 0 Å². The van der Waals surface area contributed by atoms with Crippen LogP contribution in [-0.4, -0.2) is 30.2 Å². The van der Waals surface area contributed by atoms with Crippen LogP contribution in [0.3, 0.4) is 0 Å². The fourth-order valence-electron chi connectivity index (χ4n) is 1.83. The van der Waals surface area contributed by atoms with Crippen molar-refractivity contribution in [2.45, 2.75) is 32.7 Å². The Morgan fingerprint density at radius 3 is 2.50 bits per heavy atom. The first-order chi connectivity index (χ1) is 9.61. The maximum Gasteiger partial charge on any atom is 0.116 e. The molecule has 0 spiro atoms. The summed E-state index contributed by atoms with van der Waals surface area (Å²) in [6.07, 6.45) is 0. The standard InChI is InChI=1S/C14H21N3OS2/c1-9(2)11-7-20-14(17-11)13(15-5-6-18-4)12-8-19-10(3)16-12/h7-9,13,15H,5-6H2,1-4H3. The number of ether oxygens (including phenoxy) is 1. The van der Waals surface area contributed by atoms with Crippen molar-refractivity contribution in [2.24, 2.45) is 0 Å². The molecule has 0 bridgehead atoms. The summed E-state index contributed by atoms with van der Waals surface area (Å²) < 4.78 is 5.12. The lowest BCUT2D eigenvalue weighted by Gasteiger charge is -2.14. The summed E-state index contributed by atoms with van der Waals surface area (Å²) in [4.78, 5) is 9.36. The number of hydrogen-bond acceptors (Lipinski definition) is 6. The molecule has 0 fully saturated rings. The van der Waals surface area contributed by atoms with E-state index in [1.165, 1.54) is 0 Å². The minimum atomic E-state index is 0.0626. The second kappa shape index (κ2) is 7.26. The zero-order valence-corrected chi connectivity index (χ0v) is 14.0. The number of methoxy groups -OCH3 is 1. The van der Waals surface area contributed by atoms with Gasteiger partial charge in [-0.2, -0.15) is 0 Å². The molecule has 1 N–H and O–H groups in total. The summed E-state index contributed by atoms with van der Waals surface area (Å²) in [5.41, 5.74) is 2.20. The van der Waals surface area contributed by atoms with Gasteiger partial charge < -0.3 is 10.1 Å². The van der Waals surface area contributed by atoms with E-state index in [9.17, 15) is 0 Å². The van der Waals surface area contributed by atoms with E-state index in [4.69, 9.17) is 9.72 Å². The quantitative estimate of drug-likeness (QED) is 0.797. The minimum absolute atomic E-state index is 0.0626. The molecule has 4 nitrogen and oxygen atoms in total. The maximum absolute atomic E-state index is 5.12. The van der Waals surface area contributed by atoms with Gasteiger partial charge in [0.1, 0.15) is 11.0 Å². The van der Waals surface area contributed by atoms with Gasteiger partial charge in [-0.1, -0.05) is 13.8 Å². The Kier molecular flexibility index (Phi) is 5.65. The molecule has 110 valence electrons. The van der Waals surface area contributed by atoms with E-state index in [-0.39, 0.29) is 6.04 Å². The smallest absolute Gasteiger partial charge is 0.116 e. The number of aromatic nitrogens is 2. The van der Waals surface area contributed by atoms with Gasteiger partial charge in [0.2, 0.25) is 0 Å². The number of hydrogen-bond donors (Lipinski definition) is 1. The third-order valence-electron chi connectivity index (χ3n) is 2.97. The van der Waals surface area contributed by atoms with Crippen molar-refractivity contribution in [1.82, 2.24) is 15.3 Å². The van der Waals surface area contributed by atoms with Crippen molar-refractivity contribution in [3.8, 4) is 0 Å². The van der Waals surface area contributed by atoms with Crippen molar-refractivity contribution in [3.63, 3.8) is 0 Å². The van der Waals surface area contributed by atoms with Crippen molar-refractivity contribution in [1.29, 1.82) is 0 Å². The fraction of sp³-hybridized carbons (Fsp3) is 0.571. The molecule has 0 aliphatic heterocycles. The molecular weight excluding hydrogens is 290 g/mol. The van der Waals surface area contributed by atoms with E-state index in [0.29, 0.717) is 12.5 Å². The molecule has 1 atom stereocenters. The van der Waals surface area contributed by atoms with Crippen molar-refractivity contribution < 1.29 is 4.74 Å². The lowest BCUT2D eigenvalue weighted by molar-refractivity contribution is 0.197. The lowest BCUT2D eigenvalue weighted by atomic mass is 10.1. The molecule has 2 aromatic rings. The molecule has 0 saturated heterocycles. The Balaban J connectivity index is 2.20. The van der Waals surface area contributed by atoms with Crippen LogP contribution in [0, 0.1) is 6.92 Å². The molecule has 2 heterocycles. The van der Waals surface area contributed by atoms with Crippen LogP contribution < -0.4 is 5.32 Å². The topological polar surface area (TPSA) is 47.0 Å². The molecule has 6 heteroatoms. The Labute approximate surface area is 128 Å². The molecule has 0 aliphatic rings. The highest BCUT2D eigenvalue weighted by Gasteiger charge is 2.20. The van der Waals surface area contributed by atoms with E-state index in [0.717, 1.165) is 27.9 Å². The molecule has 0 aromatic carbocycles. The lowest BCUT2D eigenvalue weighted by Crippen LogP contribution is -2.26. The average molecular weight is 311 g/mol. The first-order valence-electron chi connectivity index (χ1n) is 6.71. The zero-order valence-electron chi connectivity index (χ0n) is 12.3. The Hall–Kier alpha value is -0.820. The second-order valence-corrected chi connectivity index (χ2v) is 6.89. The Morgan fingerprint density at radius 2 is 1.95 bits per heavy atom. The summed E-state index contributed by atoms with van der Waals surface area (Å²) in [6.45, 7) is 7.83. The van der Waals surface area contributed by atoms with Gasteiger partial charge in [-0.25, -0.2) is 9.97 Å². The van der Waals surface area contributed by atoms with Crippen molar-refractivity contribution in [3.05, 3.63) is 32.2 Å². The molecule has 2 aromatic heterocycles. The van der Waals surface area contributed by atoms with Gasteiger partial charge in [0.15, 0.2) is 0 Å². The number of rotatable bonds is 7. The third-order valence-corrected chi connectivity index (χ3v) is 4.68. The van der Waals surface area contributed by atoms with Crippen LogP contribution in [0.4, 0.5) is 0 Å². The summed E-state index contributed by atoms with van der Waals surface area (Å²) >= 11 is 3.37. The predicted molar refractivity (Wildman–Crippen MR) is 84.8 cm³/mol. The molecule has 0 amide bonds. The van der Waals surface area contributed by atoms with Crippen molar-refractivity contribution >= 4 is 22.7 Å². The highest BCUT2D eigenvalue weighted by atomic mass is 32.1. The summed E-state index contributed by atoms with van der Waals surface area (Å²) in [6, 6.07) is 0.0626. The van der Waals surface area contributed by atoms with Gasteiger partial charge >= 0.3 is 0 Å².